The van der Waals surface area contributed by atoms with Crippen molar-refractivity contribution in [2.75, 3.05) is 11.4 Å². The predicted octanol–water partition coefficient (Wildman–Crippen LogP) is 5.34. The van der Waals surface area contributed by atoms with Gasteiger partial charge in [0.05, 0.1) is 6.54 Å². The highest BCUT2D eigenvalue weighted by Gasteiger charge is 2.36. The third-order valence-electron chi connectivity index (χ3n) is 6.61. The van der Waals surface area contributed by atoms with Gasteiger partial charge in [0.1, 0.15) is 11.5 Å². The van der Waals surface area contributed by atoms with Gasteiger partial charge in [-0.1, -0.05) is 19.1 Å². The van der Waals surface area contributed by atoms with Gasteiger partial charge in [-0.25, -0.2) is 9.18 Å². The van der Waals surface area contributed by atoms with Gasteiger partial charge in [-0.2, -0.15) is 0 Å². The Morgan fingerprint density at radius 1 is 1.19 bits per heavy atom. The fourth-order valence-corrected chi connectivity index (χ4v) is 5.05. The number of aryl methyl sites for hydroxylation is 1. The van der Waals surface area contributed by atoms with Crippen molar-refractivity contribution >= 4 is 23.7 Å². The molecule has 2 aromatic carbocycles. The molecule has 4 rings (SSSR count). The van der Waals surface area contributed by atoms with Gasteiger partial charge in [-0.15, -0.1) is 0 Å². The largest absolute Gasteiger partial charge is 0.366 e. The van der Waals surface area contributed by atoms with Crippen LogP contribution in [0.1, 0.15) is 62.3 Å². The molecule has 0 spiro atoms. The number of rotatable bonds is 4. The maximum atomic E-state index is 13.2. The van der Waals surface area contributed by atoms with Gasteiger partial charge in [-0.3, -0.25) is 9.69 Å². The van der Waals surface area contributed by atoms with Gasteiger partial charge in [0.15, 0.2) is 0 Å². The van der Waals surface area contributed by atoms with Crippen molar-refractivity contribution in [2.45, 2.75) is 59.0 Å². The van der Waals surface area contributed by atoms with Crippen LogP contribution in [0.2, 0.25) is 0 Å². The zero-order valence-electron chi connectivity index (χ0n) is 19.3. The number of hydrogen-bond donors (Lipinski definition) is 1. The SMILES string of the molecule is CCN1c2cc(C)c(/C=C3\NC(=O)N(Cc4ccc(F)cc4)C3=O)cc2[C@H](C)CC1(C)C. The molecule has 1 fully saturated rings. The van der Waals surface area contributed by atoms with Crippen LogP contribution in [-0.4, -0.2) is 28.9 Å². The summed E-state index contributed by atoms with van der Waals surface area (Å²) in [7, 11) is 0. The number of fused-ring (bicyclic) bond motifs is 1. The maximum Gasteiger partial charge on any atom is 0.329 e. The standard InChI is InChI=1S/C26H30FN3O2/c1-6-30-23-11-16(2)19(12-21(23)17(3)14-26(30,4)5)13-22-24(31)29(25(32)28-22)15-18-7-9-20(27)10-8-18/h7-13,17H,6,14-15H2,1-5H3,(H,28,32)/b22-13-/t17-/m1/s1. The first-order valence-corrected chi connectivity index (χ1v) is 11.1. The molecular weight excluding hydrogens is 405 g/mol. The van der Waals surface area contributed by atoms with Crippen molar-refractivity contribution in [3.63, 3.8) is 0 Å². The van der Waals surface area contributed by atoms with Crippen molar-refractivity contribution in [2.24, 2.45) is 0 Å². The summed E-state index contributed by atoms with van der Waals surface area (Å²) in [5, 5.41) is 2.70. The number of nitrogens with zero attached hydrogens (tertiary/aromatic N) is 2. The molecule has 3 amide bonds. The normalized spacial score (nSPS) is 21.2. The second-order valence-electron chi connectivity index (χ2n) is 9.44. The number of carbonyl (C=O) groups is 2. The number of carbonyl (C=O) groups excluding carboxylic acids is 2. The van der Waals surface area contributed by atoms with Crippen LogP contribution in [0, 0.1) is 12.7 Å². The van der Waals surface area contributed by atoms with Gasteiger partial charge in [0, 0.05) is 17.8 Å². The Morgan fingerprint density at radius 3 is 2.53 bits per heavy atom. The average Bonchev–Trinajstić information content (AvgIpc) is 2.98. The number of halogens is 1. The topological polar surface area (TPSA) is 52.7 Å². The molecule has 0 saturated carbocycles. The molecule has 1 saturated heterocycles. The number of nitrogens with one attached hydrogen (secondary N) is 1. The lowest BCUT2D eigenvalue weighted by Crippen LogP contribution is -2.48. The summed E-state index contributed by atoms with van der Waals surface area (Å²) >= 11 is 0. The van der Waals surface area contributed by atoms with Gasteiger partial charge >= 0.3 is 6.03 Å². The Morgan fingerprint density at radius 2 is 1.88 bits per heavy atom. The van der Waals surface area contributed by atoms with Crippen LogP contribution in [-0.2, 0) is 11.3 Å². The first-order chi connectivity index (χ1) is 15.1. The summed E-state index contributed by atoms with van der Waals surface area (Å²) in [5.74, 6) is -0.334. The van der Waals surface area contributed by atoms with Crippen molar-refractivity contribution in [3.05, 3.63) is 70.2 Å². The molecular formula is C26H30FN3O2. The zero-order chi connectivity index (χ0) is 23.2. The lowest BCUT2D eigenvalue weighted by Gasteiger charge is -2.47. The number of hydrogen-bond acceptors (Lipinski definition) is 3. The number of urea groups is 1. The Balaban J connectivity index is 1.64. The van der Waals surface area contributed by atoms with Crippen molar-refractivity contribution < 1.29 is 14.0 Å². The van der Waals surface area contributed by atoms with E-state index < -0.39 is 6.03 Å². The monoisotopic (exact) mass is 435 g/mol. The average molecular weight is 436 g/mol. The molecule has 6 heteroatoms. The van der Waals surface area contributed by atoms with Crippen molar-refractivity contribution in [3.8, 4) is 0 Å². The molecule has 32 heavy (non-hydrogen) atoms. The maximum absolute atomic E-state index is 13.2. The van der Waals surface area contributed by atoms with Gasteiger partial charge < -0.3 is 10.2 Å². The number of benzene rings is 2. The van der Waals surface area contributed by atoms with E-state index in [1.165, 1.54) is 23.4 Å². The van der Waals surface area contributed by atoms with E-state index in [-0.39, 0.29) is 29.5 Å². The number of anilines is 1. The Hall–Kier alpha value is -3.15. The van der Waals surface area contributed by atoms with E-state index in [9.17, 15) is 14.0 Å². The van der Waals surface area contributed by atoms with E-state index in [0.29, 0.717) is 11.5 Å². The Kier molecular flexibility index (Phi) is 5.57. The van der Waals surface area contributed by atoms with E-state index in [1.807, 2.05) is 6.92 Å². The molecule has 2 heterocycles. The highest BCUT2D eigenvalue weighted by Crippen LogP contribution is 2.44. The van der Waals surface area contributed by atoms with Crippen LogP contribution in [0.5, 0.6) is 0 Å². The number of amides is 3. The summed E-state index contributed by atoms with van der Waals surface area (Å²) in [4.78, 5) is 29.0. The predicted molar refractivity (Wildman–Crippen MR) is 125 cm³/mol. The lowest BCUT2D eigenvalue weighted by atomic mass is 9.79. The Bertz CT molecular complexity index is 1100. The molecule has 168 valence electrons. The van der Waals surface area contributed by atoms with E-state index in [4.69, 9.17) is 0 Å². The molecule has 2 aromatic rings. The summed E-state index contributed by atoms with van der Waals surface area (Å²) in [5.41, 5.74) is 5.54. The molecule has 2 aliphatic rings. The molecule has 0 aromatic heterocycles. The van der Waals surface area contributed by atoms with Crippen LogP contribution >= 0.6 is 0 Å². The minimum Gasteiger partial charge on any atom is -0.366 e. The van der Waals surface area contributed by atoms with Crippen LogP contribution in [0.15, 0.2) is 42.1 Å². The molecule has 0 aliphatic carbocycles. The number of imide groups is 1. The highest BCUT2D eigenvalue weighted by atomic mass is 19.1. The van der Waals surface area contributed by atoms with E-state index in [0.717, 1.165) is 29.0 Å². The van der Waals surface area contributed by atoms with Crippen molar-refractivity contribution in [1.82, 2.24) is 10.2 Å². The molecule has 1 N–H and O–H groups in total. The Labute approximate surface area is 188 Å². The van der Waals surface area contributed by atoms with E-state index in [2.05, 4.69) is 50.0 Å². The smallest absolute Gasteiger partial charge is 0.329 e. The van der Waals surface area contributed by atoms with Crippen LogP contribution in [0.4, 0.5) is 14.9 Å². The summed E-state index contributed by atoms with van der Waals surface area (Å²) < 4.78 is 13.2. The highest BCUT2D eigenvalue weighted by molar-refractivity contribution is 6.14. The first-order valence-electron chi connectivity index (χ1n) is 11.1. The molecule has 1 atom stereocenters. The molecule has 5 nitrogen and oxygen atoms in total. The summed E-state index contributed by atoms with van der Waals surface area (Å²) in [6.45, 7) is 12.0. The molecule has 0 bridgehead atoms. The van der Waals surface area contributed by atoms with Crippen LogP contribution < -0.4 is 10.2 Å². The van der Waals surface area contributed by atoms with Gasteiger partial charge in [0.25, 0.3) is 5.91 Å². The molecule has 0 unspecified atom stereocenters. The zero-order valence-corrected chi connectivity index (χ0v) is 19.3. The van der Waals surface area contributed by atoms with Gasteiger partial charge in [-0.05, 0) is 92.6 Å². The fourth-order valence-electron chi connectivity index (χ4n) is 5.05. The quantitative estimate of drug-likeness (QED) is 0.521. The second kappa shape index (κ2) is 8.08. The van der Waals surface area contributed by atoms with E-state index >= 15 is 0 Å². The summed E-state index contributed by atoms with van der Waals surface area (Å²) in [6.07, 6.45) is 2.82. The van der Waals surface area contributed by atoms with E-state index in [1.54, 1.807) is 18.2 Å². The lowest BCUT2D eigenvalue weighted by molar-refractivity contribution is -0.123. The fraction of sp³-hybridized carbons (Fsp3) is 0.385. The minimum atomic E-state index is -0.464. The second-order valence-corrected chi connectivity index (χ2v) is 9.44. The minimum absolute atomic E-state index is 0.0871. The first kappa shape index (κ1) is 22.1. The van der Waals surface area contributed by atoms with Crippen LogP contribution in [0.25, 0.3) is 6.08 Å². The molecule has 0 radical (unpaired) electrons. The van der Waals surface area contributed by atoms with Crippen LogP contribution in [0.3, 0.4) is 0 Å². The molecule has 2 aliphatic heterocycles. The van der Waals surface area contributed by atoms with Crippen molar-refractivity contribution in [1.29, 1.82) is 0 Å². The third kappa shape index (κ3) is 3.90. The van der Waals surface area contributed by atoms with Gasteiger partial charge in [0.2, 0.25) is 0 Å². The summed E-state index contributed by atoms with van der Waals surface area (Å²) in [6, 6.07) is 9.68. The third-order valence-corrected chi connectivity index (χ3v) is 6.61.